The summed E-state index contributed by atoms with van der Waals surface area (Å²) in [6.07, 6.45) is 0. The van der Waals surface area contributed by atoms with Gasteiger partial charge in [-0.25, -0.2) is 17.6 Å². The third-order valence-corrected chi connectivity index (χ3v) is 1.98. The third kappa shape index (κ3) is 2.07. The van der Waals surface area contributed by atoms with Crippen LogP contribution in [0.25, 0.3) is 0 Å². The lowest BCUT2D eigenvalue weighted by Gasteiger charge is -2.24. The Kier molecular flexibility index (Phi) is 3.11. The first kappa shape index (κ1) is 13.7. The molecule has 0 aliphatic heterocycles. The highest BCUT2D eigenvalue weighted by atomic mass is 19.3. The minimum Gasteiger partial charge on any atom is -0.206 e. The lowest BCUT2D eigenvalue weighted by atomic mass is 10.0. The van der Waals surface area contributed by atoms with Crippen molar-refractivity contribution in [1.82, 2.24) is 0 Å². The minimum atomic E-state index is -5.30. The maximum Gasteiger partial charge on any atom is 0.340 e. The van der Waals surface area contributed by atoms with Crippen molar-refractivity contribution in [3.05, 3.63) is 34.9 Å². The number of halogens is 8. The predicted molar refractivity (Wildman–Crippen MR) is 40.8 cm³/mol. The van der Waals surface area contributed by atoms with E-state index >= 15 is 0 Å². The molecule has 0 fully saturated rings. The summed E-state index contributed by atoms with van der Waals surface area (Å²) in [6.45, 7) is -0.298. The van der Waals surface area contributed by atoms with Crippen molar-refractivity contribution < 1.29 is 35.1 Å². The van der Waals surface area contributed by atoms with Gasteiger partial charge in [0.25, 0.3) is 0 Å². The van der Waals surface area contributed by atoms with Crippen LogP contribution in [0, 0.1) is 23.3 Å². The van der Waals surface area contributed by atoms with Gasteiger partial charge in [0.15, 0.2) is 17.5 Å². The summed E-state index contributed by atoms with van der Waals surface area (Å²) in [6, 6.07) is -0.423. The molecule has 0 nitrogen and oxygen atoms in total. The fourth-order valence-corrected chi connectivity index (χ4v) is 1.07. The van der Waals surface area contributed by atoms with Crippen LogP contribution in [0.1, 0.15) is 12.5 Å². The van der Waals surface area contributed by atoms with Crippen molar-refractivity contribution in [2.24, 2.45) is 0 Å². The molecule has 0 aliphatic rings. The van der Waals surface area contributed by atoms with Crippen LogP contribution in [0.3, 0.4) is 0 Å². The van der Waals surface area contributed by atoms with Crippen molar-refractivity contribution in [2.75, 3.05) is 0 Å². The van der Waals surface area contributed by atoms with E-state index in [0.29, 0.717) is 0 Å². The highest BCUT2D eigenvalue weighted by molar-refractivity contribution is 5.28. The van der Waals surface area contributed by atoms with E-state index in [1.807, 2.05) is 0 Å². The summed E-state index contributed by atoms with van der Waals surface area (Å²) in [4.78, 5) is 0. The van der Waals surface area contributed by atoms with Gasteiger partial charge in [0.1, 0.15) is 11.4 Å². The Hall–Kier alpha value is -1.34. The third-order valence-electron chi connectivity index (χ3n) is 1.98. The first-order valence-electron chi connectivity index (χ1n) is 4.09. The van der Waals surface area contributed by atoms with Crippen molar-refractivity contribution >= 4 is 0 Å². The summed E-state index contributed by atoms with van der Waals surface area (Å²) >= 11 is 0. The average Bonchev–Trinajstić information content (AvgIpc) is 2.12. The van der Waals surface area contributed by atoms with Gasteiger partial charge < -0.3 is 0 Å². The van der Waals surface area contributed by atoms with Crippen molar-refractivity contribution in [1.29, 1.82) is 0 Å². The van der Waals surface area contributed by atoms with Crippen LogP contribution < -0.4 is 0 Å². The van der Waals surface area contributed by atoms with Gasteiger partial charge in [-0.05, 0) is 0 Å². The Morgan fingerprint density at radius 1 is 0.824 bits per heavy atom. The molecule has 96 valence electrons. The van der Waals surface area contributed by atoms with E-state index in [1.165, 1.54) is 0 Å². The molecule has 0 bridgehead atoms. The molecule has 1 aromatic rings. The molecular formula is C9H4F8. The Balaban J connectivity index is 3.58. The Morgan fingerprint density at radius 3 is 1.71 bits per heavy atom. The molecular weight excluding hydrogens is 260 g/mol. The molecule has 0 amide bonds. The molecule has 0 N–H and O–H groups in total. The topological polar surface area (TPSA) is 0 Å². The number of hydrogen-bond acceptors (Lipinski definition) is 0. The van der Waals surface area contributed by atoms with Crippen LogP contribution >= 0.6 is 0 Å². The minimum absolute atomic E-state index is 0.298. The van der Waals surface area contributed by atoms with Gasteiger partial charge in [0.2, 0.25) is 0 Å². The summed E-state index contributed by atoms with van der Waals surface area (Å²) in [7, 11) is 0. The molecule has 1 aromatic carbocycles. The van der Waals surface area contributed by atoms with E-state index in [9.17, 15) is 35.1 Å². The fourth-order valence-electron chi connectivity index (χ4n) is 1.07. The molecule has 0 aromatic heterocycles. The Labute approximate surface area is 89.9 Å². The number of hydrogen-bond donors (Lipinski definition) is 0. The normalized spacial score (nSPS) is 13.0. The second kappa shape index (κ2) is 3.85. The quantitative estimate of drug-likeness (QED) is 0.430. The number of benzene rings is 1. The summed E-state index contributed by atoms with van der Waals surface area (Å²) in [5, 5.41) is 0. The maximum absolute atomic E-state index is 13.0. The standard InChI is InChI=1S/C9H4F8/c1-8(14,15)9(16,17)5-3(10)2-4(11)6(12)7(5)13/h2H,1H3. The van der Waals surface area contributed by atoms with E-state index < -0.39 is 46.7 Å². The van der Waals surface area contributed by atoms with Crippen molar-refractivity contribution in [3.63, 3.8) is 0 Å². The van der Waals surface area contributed by atoms with E-state index in [-0.39, 0.29) is 6.92 Å². The van der Waals surface area contributed by atoms with Gasteiger partial charge in [-0.15, -0.1) is 0 Å². The molecule has 0 heterocycles. The molecule has 1 rings (SSSR count). The zero-order valence-corrected chi connectivity index (χ0v) is 8.10. The zero-order valence-electron chi connectivity index (χ0n) is 8.10. The SMILES string of the molecule is CC(F)(F)C(F)(F)c1c(F)cc(F)c(F)c1F. The average molecular weight is 264 g/mol. The highest BCUT2D eigenvalue weighted by Crippen LogP contribution is 2.45. The van der Waals surface area contributed by atoms with E-state index in [0.717, 1.165) is 0 Å². The van der Waals surface area contributed by atoms with Crippen molar-refractivity contribution in [2.45, 2.75) is 18.8 Å². The van der Waals surface area contributed by atoms with Crippen LogP contribution in [0.2, 0.25) is 0 Å². The Bertz CT molecular complexity index is 445. The predicted octanol–water partition coefficient (Wildman–Crippen LogP) is 3.99. The first-order chi connectivity index (χ1) is 7.50. The lowest BCUT2D eigenvalue weighted by Crippen LogP contribution is -2.37. The Morgan fingerprint density at radius 2 is 1.29 bits per heavy atom. The second-order valence-electron chi connectivity index (χ2n) is 3.31. The van der Waals surface area contributed by atoms with Crippen LogP contribution in [-0.2, 0) is 5.92 Å². The molecule has 0 unspecified atom stereocenters. The van der Waals surface area contributed by atoms with Gasteiger partial charge in [0, 0.05) is 13.0 Å². The van der Waals surface area contributed by atoms with Gasteiger partial charge in [-0.2, -0.15) is 17.6 Å². The van der Waals surface area contributed by atoms with Gasteiger partial charge in [-0.1, -0.05) is 0 Å². The number of rotatable bonds is 2. The number of alkyl halides is 4. The van der Waals surface area contributed by atoms with Crippen molar-refractivity contribution in [3.8, 4) is 0 Å². The fraction of sp³-hybridized carbons (Fsp3) is 0.333. The molecule has 0 saturated carbocycles. The maximum atomic E-state index is 13.0. The molecule has 17 heavy (non-hydrogen) atoms. The van der Waals surface area contributed by atoms with Crippen LogP contribution in [-0.4, -0.2) is 5.92 Å². The molecule has 0 spiro atoms. The lowest BCUT2D eigenvalue weighted by molar-refractivity contribution is -0.208. The van der Waals surface area contributed by atoms with Crippen LogP contribution in [0.15, 0.2) is 6.07 Å². The monoisotopic (exact) mass is 264 g/mol. The molecule has 0 atom stereocenters. The van der Waals surface area contributed by atoms with Gasteiger partial charge in [0.05, 0.1) is 0 Å². The summed E-state index contributed by atoms with van der Waals surface area (Å²) in [5.41, 5.74) is -2.50. The highest BCUT2D eigenvalue weighted by Gasteiger charge is 2.57. The molecule has 8 heteroatoms. The molecule has 0 aliphatic carbocycles. The van der Waals surface area contributed by atoms with Crippen LogP contribution in [0.5, 0.6) is 0 Å². The van der Waals surface area contributed by atoms with Crippen LogP contribution in [0.4, 0.5) is 35.1 Å². The van der Waals surface area contributed by atoms with Gasteiger partial charge in [-0.3, -0.25) is 0 Å². The smallest absolute Gasteiger partial charge is 0.206 e. The van der Waals surface area contributed by atoms with E-state index in [1.54, 1.807) is 0 Å². The largest absolute Gasteiger partial charge is 0.340 e. The first-order valence-corrected chi connectivity index (χ1v) is 4.09. The molecule has 0 saturated heterocycles. The van der Waals surface area contributed by atoms with E-state index in [4.69, 9.17) is 0 Å². The van der Waals surface area contributed by atoms with Gasteiger partial charge >= 0.3 is 11.8 Å². The molecule has 0 radical (unpaired) electrons. The summed E-state index contributed by atoms with van der Waals surface area (Å²) in [5.74, 6) is -19.6. The zero-order chi connectivity index (χ0) is 13.6. The summed E-state index contributed by atoms with van der Waals surface area (Å²) < 4.78 is 102. The second-order valence-corrected chi connectivity index (χ2v) is 3.31. The van der Waals surface area contributed by atoms with E-state index in [2.05, 4.69) is 0 Å².